The lowest BCUT2D eigenvalue weighted by Gasteiger charge is -2.11. The van der Waals surface area contributed by atoms with Crippen LogP contribution in [0, 0.1) is 10.1 Å². The fourth-order valence-electron chi connectivity index (χ4n) is 2.43. The lowest BCUT2D eigenvalue weighted by molar-refractivity contribution is -0.385. The number of para-hydroxylation sites is 2. The van der Waals surface area contributed by atoms with Crippen LogP contribution in [0.2, 0.25) is 0 Å². The van der Waals surface area contributed by atoms with Crippen LogP contribution in [0.15, 0.2) is 49.3 Å². The summed E-state index contributed by atoms with van der Waals surface area (Å²) in [6, 6.07) is 6.84. The van der Waals surface area contributed by atoms with E-state index < -0.39 is 4.92 Å². The van der Waals surface area contributed by atoms with Crippen LogP contribution in [0.5, 0.6) is 17.4 Å². The van der Waals surface area contributed by atoms with Crippen LogP contribution in [0.3, 0.4) is 0 Å². The number of rotatable bonds is 9. The van der Waals surface area contributed by atoms with Gasteiger partial charge in [0, 0.05) is 25.5 Å². The summed E-state index contributed by atoms with van der Waals surface area (Å²) in [5.74, 6) is 0.718. The van der Waals surface area contributed by atoms with Crippen molar-refractivity contribution in [1.29, 1.82) is 0 Å². The third-order valence-corrected chi connectivity index (χ3v) is 3.69. The minimum Gasteiger partial charge on any atom is -0.493 e. The molecule has 0 saturated heterocycles. The van der Waals surface area contributed by atoms with Gasteiger partial charge in [0.1, 0.15) is 6.33 Å². The molecule has 0 aliphatic heterocycles. The number of nitrogens with one attached hydrogen (secondary N) is 1. The maximum atomic E-state index is 11.6. The third-order valence-electron chi connectivity index (χ3n) is 3.69. The fourth-order valence-corrected chi connectivity index (χ4v) is 2.43. The number of nitro groups is 1. The van der Waals surface area contributed by atoms with Gasteiger partial charge in [0.15, 0.2) is 11.5 Å². The van der Waals surface area contributed by atoms with Crippen LogP contribution < -0.4 is 14.8 Å². The van der Waals surface area contributed by atoms with Crippen molar-refractivity contribution in [3.8, 4) is 17.4 Å². The number of ether oxygens (including phenoxy) is 2. The summed E-state index contributed by atoms with van der Waals surface area (Å²) >= 11 is 0. The Balaban J connectivity index is 1.75. The smallest absolute Gasteiger partial charge is 0.373 e. The van der Waals surface area contributed by atoms with Gasteiger partial charge in [-0.3, -0.25) is 10.1 Å². The topological polar surface area (TPSA) is 117 Å². The Hall–Kier alpha value is -3.69. The molecule has 0 saturated carbocycles. The molecule has 0 atom stereocenters. The van der Waals surface area contributed by atoms with Gasteiger partial charge in [-0.25, -0.2) is 9.97 Å². The predicted octanol–water partition coefficient (Wildman–Crippen LogP) is 2.88. The number of hydrogen-bond donors (Lipinski definition) is 1. The van der Waals surface area contributed by atoms with E-state index in [0.29, 0.717) is 18.0 Å². The highest BCUT2D eigenvalue weighted by Crippen LogP contribution is 2.37. The molecule has 140 valence electrons. The summed E-state index contributed by atoms with van der Waals surface area (Å²) in [5.41, 5.74) is -0.328. The van der Waals surface area contributed by atoms with Gasteiger partial charge in [0.05, 0.1) is 18.4 Å². The van der Waals surface area contributed by atoms with Gasteiger partial charge in [-0.05, 0) is 18.6 Å². The number of imidazole rings is 1. The van der Waals surface area contributed by atoms with Gasteiger partial charge < -0.3 is 19.4 Å². The van der Waals surface area contributed by atoms with Crippen LogP contribution in [-0.4, -0.2) is 38.1 Å². The molecule has 27 heavy (non-hydrogen) atoms. The second-order valence-electron chi connectivity index (χ2n) is 5.47. The molecule has 1 N–H and O–H groups in total. The van der Waals surface area contributed by atoms with E-state index >= 15 is 0 Å². The zero-order valence-corrected chi connectivity index (χ0v) is 14.6. The molecule has 0 radical (unpaired) electrons. The van der Waals surface area contributed by atoms with Crippen molar-refractivity contribution in [3.63, 3.8) is 0 Å². The Morgan fingerprint density at radius 3 is 2.78 bits per heavy atom. The summed E-state index contributed by atoms with van der Waals surface area (Å²) in [6.45, 7) is 1.22. The lowest BCUT2D eigenvalue weighted by atomic mass is 10.3. The molecular formula is C17H18N6O4. The van der Waals surface area contributed by atoms with Crippen LogP contribution in [0.1, 0.15) is 6.42 Å². The average molecular weight is 370 g/mol. The summed E-state index contributed by atoms with van der Waals surface area (Å²) < 4.78 is 12.8. The lowest BCUT2D eigenvalue weighted by Crippen LogP contribution is -2.10. The Kier molecular flexibility index (Phi) is 5.77. The standard InChI is InChI=1S/C17H18N6O4/c1-26-13-5-2-3-6-14(13)27-17-15(23(24)25)16(20-11-21-17)19-7-4-9-22-10-8-18-12-22/h2-3,5-6,8,10-12H,4,7,9H2,1H3,(H,19,20,21). The van der Waals surface area contributed by atoms with Crippen molar-refractivity contribution < 1.29 is 14.4 Å². The highest BCUT2D eigenvalue weighted by atomic mass is 16.6. The van der Waals surface area contributed by atoms with Crippen LogP contribution in [0.25, 0.3) is 0 Å². The van der Waals surface area contributed by atoms with E-state index in [1.165, 1.54) is 13.4 Å². The molecule has 0 amide bonds. The summed E-state index contributed by atoms with van der Waals surface area (Å²) in [5, 5.41) is 14.5. The molecule has 2 heterocycles. The first-order valence-corrected chi connectivity index (χ1v) is 8.19. The van der Waals surface area contributed by atoms with Crippen LogP contribution in [-0.2, 0) is 6.54 Å². The molecular weight excluding hydrogens is 352 g/mol. The predicted molar refractivity (Wildman–Crippen MR) is 97.1 cm³/mol. The number of aromatic nitrogens is 4. The van der Waals surface area contributed by atoms with Gasteiger partial charge in [0.25, 0.3) is 0 Å². The maximum Gasteiger partial charge on any atom is 0.373 e. The highest BCUT2D eigenvalue weighted by Gasteiger charge is 2.25. The molecule has 0 spiro atoms. The minimum absolute atomic E-state index is 0.102. The van der Waals surface area contributed by atoms with E-state index in [1.54, 1.807) is 36.8 Å². The molecule has 2 aromatic heterocycles. The van der Waals surface area contributed by atoms with Crippen LogP contribution in [0.4, 0.5) is 11.5 Å². The summed E-state index contributed by atoms with van der Waals surface area (Å²) in [6.07, 6.45) is 7.22. The number of nitrogens with zero attached hydrogens (tertiary/aromatic N) is 5. The first-order chi connectivity index (χ1) is 13.2. The van der Waals surface area contributed by atoms with E-state index in [9.17, 15) is 10.1 Å². The van der Waals surface area contributed by atoms with Gasteiger partial charge in [0.2, 0.25) is 5.82 Å². The van der Waals surface area contributed by atoms with Crippen molar-refractivity contribution in [1.82, 2.24) is 19.5 Å². The quantitative estimate of drug-likeness (QED) is 0.347. The molecule has 0 unspecified atom stereocenters. The molecule has 1 aromatic carbocycles. The Morgan fingerprint density at radius 1 is 1.26 bits per heavy atom. The Bertz CT molecular complexity index is 900. The van der Waals surface area contributed by atoms with Crippen molar-refractivity contribution in [3.05, 3.63) is 59.4 Å². The molecule has 10 heteroatoms. The summed E-state index contributed by atoms with van der Waals surface area (Å²) in [4.78, 5) is 22.9. The number of hydrogen-bond acceptors (Lipinski definition) is 8. The third kappa shape index (κ3) is 4.48. The zero-order chi connectivity index (χ0) is 19.1. The number of anilines is 1. The number of benzene rings is 1. The van der Waals surface area contributed by atoms with E-state index in [4.69, 9.17) is 9.47 Å². The van der Waals surface area contributed by atoms with Crippen molar-refractivity contribution in [2.45, 2.75) is 13.0 Å². The largest absolute Gasteiger partial charge is 0.493 e. The van der Waals surface area contributed by atoms with Crippen molar-refractivity contribution in [2.75, 3.05) is 19.0 Å². The van der Waals surface area contributed by atoms with Gasteiger partial charge >= 0.3 is 11.6 Å². The van der Waals surface area contributed by atoms with E-state index in [-0.39, 0.29) is 17.4 Å². The van der Waals surface area contributed by atoms with E-state index in [0.717, 1.165) is 13.0 Å². The monoisotopic (exact) mass is 370 g/mol. The fraction of sp³-hybridized carbons (Fsp3) is 0.235. The molecule has 10 nitrogen and oxygen atoms in total. The SMILES string of the molecule is COc1ccccc1Oc1ncnc(NCCCn2ccnc2)c1[N+](=O)[O-]. The first kappa shape index (κ1) is 18.1. The summed E-state index contributed by atoms with van der Waals surface area (Å²) in [7, 11) is 1.49. The first-order valence-electron chi connectivity index (χ1n) is 8.19. The molecule has 0 bridgehead atoms. The Labute approximate surface area is 155 Å². The van der Waals surface area contributed by atoms with Gasteiger partial charge in [-0.2, -0.15) is 4.98 Å². The van der Waals surface area contributed by atoms with Gasteiger partial charge in [-0.1, -0.05) is 12.1 Å². The maximum absolute atomic E-state index is 11.6. The Morgan fingerprint density at radius 2 is 2.07 bits per heavy atom. The molecule has 0 aliphatic carbocycles. The number of aryl methyl sites for hydroxylation is 1. The van der Waals surface area contributed by atoms with E-state index in [2.05, 4.69) is 20.3 Å². The molecule has 3 aromatic rings. The molecule has 0 fully saturated rings. The average Bonchev–Trinajstić information content (AvgIpc) is 3.19. The minimum atomic E-state index is -0.567. The molecule has 3 rings (SSSR count). The normalized spacial score (nSPS) is 10.4. The second-order valence-corrected chi connectivity index (χ2v) is 5.47. The second kappa shape index (κ2) is 8.61. The van der Waals surface area contributed by atoms with E-state index in [1.807, 2.05) is 10.8 Å². The highest BCUT2D eigenvalue weighted by molar-refractivity contribution is 5.62. The van der Waals surface area contributed by atoms with Crippen molar-refractivity contribution >= 4 is 11.5 Å². The number of methoxy groups -OCH3 is 1. The zero-order valence-electron chi connectivity index (χ0n) is 14.6. The van der Waals surface area contributed by atoms with Gasteiger partial charge in [-0.15, -0.1) is 0 Å². The molecule has 0 aliphatic rings. The van der Waals surface area contributed by atoms with Crippen LogP contribution >= 0.6 is 0 Å². The van der Waals surface area contributed by atoms with Crippen molar-refractivity contribution in [2.24, 2.45) is 0 Å².